The van der Waals surface area contributed by atoms with Gasteiger partial charge in [-0.05, 0) is 48.4 Å². The molecular weight excluding hydrogens is 502 g/mol. The quantitative estimate of drug-likeness (QED) is 0.350. The van der Waals surface area contributed by atoms with Crippen LogP contribution >= 0.6 is 23.4 Å². The number of amides is 1. The molecule has 3 heterocycles. The lowest BCUT2D eigenvalue weighted by Gasteiger charge is -2.14. The van der Waals surface area contributed by atoms with Crippen LogP contribution in [0, 0.1) is 0 Å². The van der Waals surface area contributed by atoms with E-state index in [0.717, 1.165) is 11.3 Å². The third-order valence-corrected chi connectivity index (χ3v) is 7.40. The number of benzene rings is 2. The minimum Gasteiger partial charge on any atom is -0.493 e. The van der Waals surface area contributed by atoms with E-state index in [1.807, 2.05) is 30.3 Å². The highest BCUT2D eigenvalue weighted by molar-refractivity contribution is 7.99. The molecule has 0 spiro atoms. The normalized spacial score (nSPS) is 14.6. The van der Waals surface area contributed by atoms with Gasteiger partial charge in [-0.3, -0.25) is 14.2 Å². The number of nitrogens with zero attached hydrogens (tertiary/aromatic N) is 4. The molecule has 0 bridgehead atoms. The number of ether oxygens (including phenoxy) is 2. The van der Waals surface area contributed by atoms with Gasteiger partial charge in [-0.1, -0.05) is 29.4 Å². The number of methoxy groups -OCH3 is 2. The van der Waals surface area contributed by atoms with Gasteiger partial charge < -0.3 is 14.8 Å². The highest BCUT2D eigenvalue weighted by Gasteiger charge is 2.29. The molecule has 0 radical (unpaired) electrons. The van der Waals surface area contributed by atoms with Gasteiger partial charge in [-0.15, -0.1) is 0 Å². The summed E-state index contributed by atoms with van der Waals surface area (Å²) in [6, 6.07) is 12.6. The van der Waals surface area contributed by atoms with Crippen LogP contribution < -0.4 is 20.3 Å². The summed E-state index contributed by atoms with van der Waals surface area (Å²) < 4.78 is 13.8. The van der Waals surface area contributed by atoms with Gasteiger partial charge in [0, 0.05) is 23.7 Å². The highest BCUT2D eigenvalue weighted by Crippen LogP contribution is 2.33. The van der Waals surface area contributed by atoms with E-state index in [4.69, 9.17) is 26.1 Å². The van der Waals surface area contributed by atoms with Crippen molar-refractivity contribution >= 4 is 40.3 Å². The third-order valence-electron chi connectivity index (χ3n) is 6.05. The Morgan fingerprint density at radius 2 is 1.94 bits per heavy atom. The van der Waals surface area contributed by atoms with E-state index in [0.29, 0.717) is 51.4 Å². The molecule has 9 nitrogen and oxygen atoms in total. The summed E-state index contributed by atoms with van der Waals surface area (Å²) in [7, 11) is 3.18. The zero-order chi connectivity index (χ0) is 25.2. The van der Waals surface area contributed by atoms with E-state index in [2.05, 4.69) is 10.4 Å². The number of fused-ring (bicyclic) bond motifs is 2. The number of rotatable bonds is 8. The Morgan fingerprint density at radius 1 is 1.17 bits per heavy atom. The molecule has 5 rings (SSSR count). The van der Waals surface area contributed by atoms with Crippen molar-refractivity contribution in [2.75, 3.05) is 26.5 Å². The molecule has 36 heavy (non-hydrogen) atoms. The van der Waals surface area contributed by atoms with E-state index < -0.39 is 0 Å². The predicted molar refractivity (Wildman–Crippen MR) is 139 cm³/mol. The largest absolute Gasteiger partial charge is 0.493 e. The Bertz CT molecular complexity index is 1480. The Labute approximate surface area is 216 Å². The van der Waals surface area contributed by atoms with E-state index in [1.165, 1.54) is 18.0 Å². The SMILES string of the molecule is COc1ccc(CCNC(=O)CC2CSc3nc4c(cnn4-c4ccc(Cl)cc4)c(=O)n32)cc1OC. The molecule has 0 saturated heterocycles. The number of nitrogens with one attached hydrogen (secondary N) is 1. The van der Waals surface area contributed by atoms with Crippen molar-refractivity contribution in [3.05, 3.63) is 69.6 Å². The average Bonchev–Trinajstić information content (AvgIpc) is 3.49. The number of hydrogen-bond donors (Lipinski definition) is 1. The fourth-order valence-corrected chi connectivity index (χ4v) is 5.48. The van der Waals surface area contributed by atoms with Crippen molar-refractivity contribution < 1.29 is 14.3 Å². The molecule has 186 valence electrons. The Kier molecular flexibility index (Phi) is 6.88. The summed E-state index contributed by atoms with van der Waals surface area (Å²) in [5.41, 5.74) is 2.08. The lowest BCUT2D eigenvalue weighted by atomic mass is 10.1. The van der Waals surface area contributed by atoms with Crippen LogP contribution in [0.1, 0.15) is 18.0 Å². The van der Waals surface area contributed by atoms with Crippen LogP contribution in [-0.4, -0.2) is 51.8 Å². The summed E-state index contributed by atoms with van der Waals surface area (Å²) in [4.78, 5) is 30.7. The summed E-state index contributed by atoms with van der Waals surface area (Å²) in [6.45, 7) is 0.473. The zero-order valence-electron chi connectivity index (χ0n) is 19.7. The highest BCUT2D eigenvalue weighted by atomic mass is 35.5. The van der Waals surface area contributed by atoms with Crippen LogP contribution in [0.3, 0.4) is 0 Å². The number of carbonyl (C=O) groups excluding carboxylic acids is 1. The summed E-state index contributed by atoms with van der Waals surface area (Å²) >= 11 is 7.46. The lowest BCUT2D eigenvalue weighted by molar-refractivity contribution is -0.121. The maximum Gasteiger partial charge on any atom is 0.265 e. The Morgan fingerprint density at radius 3 is 2.69 bits per heavy atom. The van der Waals surface area contributed by atoms with E-state index >= 15 is 0 Å². The first-order valence-electron chi connectivity index (χ1n) is 11.3. The fourth-order valence-electron chi connectivity index (χ4n) is 4.22. The van der Waals surface area contributed by atoms with Crippen LogP contribution in [0.5, 0.6) is 11.5 Å². The van der Waals surface area contributed by atoms with Gasteiger partial charge in [0.15, 0.2) is 22.3 Å². The van der Waals surface area contributed by atoms with Crippen LogP contribution in [0.15, 0.2) is 58.6 Å². The maximum absolute atomic E-state index is 13.3. The van der Waals surface area contributed by atoms with Crippen LogP contribution in [0.25, 0.3) is 16.7 Å². The second kappa shape index (κ2) is 10.2. The van der Waals surface area contributed by atoms with Crippen LogP contribution in [0.2, 0.25) is 5.02 Å². The molecular formula is C25H24ClN5O4S. The molecule has 0 saturated carbocycles. The van der Waals surface area contributed by atoms with Crippen LogP contribution in [0.4, 0.5) is 0 Å². The second-order valence-corrected chi connectivity index (χ2v) is 9.72. The second-order valence-electron chi connectivity index (χ2n) is 8.30. The smallest absolute Gasteiger partial charge is 0.265 e. The monoisotopic (exact) mass is 525 g/mol. The predicted octanol–water partition coefficient (Wildman–Crippen LogP) is 3.65. The molecule has 1 aliphatic rings. The van der Waals surface area contributed by atoms with Crippen molar-refractivity contribution in [1.82, 2.24) is 24.6 Å². The van der Waals surface area contributed by atoms with E-state index in [1.54, 1.807) is 35.6 Å². The first-order valence-corrected chi connectivity index (χ1v) is 12.7. The molecule has 1 amide bonds. The van der Waals surface area contributed by atoms with Crippen LogP contribution in [-0.2, 0) is 11.2 Å². The van der Waals surface area contributed by atoms with Gasteiger partial charge in [0.05, 0.1) is 32.1 Å². The number of aromatic nitrogens is 4. The minimum absolute atomic E-state index is 0.113. The van der Waals surface area contributed by atoms with Crippen molar-refractivity contribution in [3.63, 3.8) is 0 Å². The standard InChI is InChI=1S/C25H24ClN5O4S/c1-34-20-8-3-15(11-21(20)35-2)9-10-27-22(32)12-18-14-36-25-29-23-19(24(33)30(18)25)13-28-31(23)17-6-4-16(26)5-7-17/h3-8,11,13,18H,9-10,12,14H2,1-2H3,(H,27,32). The number of carbonyl (C=O) groups is 1. The molecule has 2 aromatic heterocycles. The minimum atomic E-state index is -0.269. The van der Waals surface area contributed by atoms with Crippen molar-refractivity contribution in [1.29, 1.82) is 0 Å². The average molecular weight is 526 g/mol. The molecule has 1 aliphatic heterocycles. The molecule has 1 atom stereocenters. The first kappa shape index (κ1) is 24.2. The fraction of sp³-hybridized carbons (Fsp3) is 0.280. The Balaban J connectivity index is 1.27. The molecule has 1 unspecified atom stereocenters. The topological polar surface area (TPSA) is 100 Å². The van der Waals surface area contributed by atoms with Gasteiger partial charge in [0.1, 0.15) is 5.39 Å². The summed E-state index contributed by atoms with van der Waals surface area (Å²) in [5, 5.41) is 8.94. The van der Waals surface area contributed by atoms with Crippen molar-refractivity contribution in [2.45, 2.75) is 24.0 Å². The zero-order valence-corrected chi connectivity index (χ0v) is 21.3. The molecule has 1 N–H and O–H groups in total. The van der Waals surface area contributed by atoms with Gasteiger partial charge in [0.25, 0.3) is 5.56 Å². The lowest BCUT2D eigenvalue weighted by Crippen LogP contribution is -2.31. The number of halogens is 1. The molecule has 11 heteroatoms. The van der Waals surface area contributed by atoms with E-state index in [-0.39, 0.29) is 23.9 Å². The molecule has 0 aliphatic carbocycles. The molecule has 4 aromatic rings. The summed E-state index contributed by atoms with van der Waals surface area (Å²) in [6.07, 6.45) is 2.37. The van der Waals surface area contributed by atoms with E-state index in [9.17, 15) is 9.59 Å². The maximum atomic E-state index is 13.3. The number of thioether (sulfide) groups is 1. The van der Waals surface area contributed by atoms with Crippen molar-refractivity contribution in [2.24, 2.45) is 0 Å². The van der Waals surface area contributed by atoms with Gasteiger partial charge in [-0.25, -0.2) is 9.67 Å². The summed E-state index contributed by atoms with van der Waals surface area (Å²) in [5.74, 6) is 1.80. The van der Waals surface area contributed by atoms with Gasteiger partial charge >= 0.3 is 0 Å². The van der Waals surface area contributed by atoms with Gasteiger partial charge in [0.2, 0.25) is 5.91 Å². The first-order chi connectivity index (χ1) is 17.5. The van der Waals surface area contributed by atoms with Crippen molar-refractivity contribution in [3.8, 4) is 17.2 Å². The third kappa shape index (κ3) is 4.66. The van der Waals surface area contributed by atoms with Gasteiger partial charge in [-0.2, -0.15) is 5.10 Å². The Hall–Kier alpha value is -3.50. The number of hydrogen-bond acceptors (Lipinski definition) is 7. The molecule has 0 fully saturated rings. The molecule has 2 aromatic carbocycles.